The number of rotatable bonds is 10. The Morgan fingerprint density at radius 2 is 1.90 bits per heavy atom. The van der Waals surface area contributed by atoms with Gasteiger partial charge in [-0.05, 0) is 35.8 Å². The van der Waals surface area contributed by atoms with Crippen LogP contribution in [0.2, 0.25) is 0 Å². The van der Waals surface area contributed by atoms with Gasteiger partial charge in [0.25, 0.3) is 0 Å². The minimum Gasteiger partial charge on any atom is -0.489 e. The topological polar surface area (TPSA) is 68.2 Å². The van der Waals surface area contributed by atoms with Crippen molar-refractivity contribution in [1.82, 2.24) is 4.90 Å². The third-order valence-electron chi connectivity index (χ3n) is 6.21. The summed E-state index contributed by atoms with van der Waals surface area (Å²) in [7, 11) is 0. The Morgan fingerprint density at radius 3 is 2.52 bits per heavy atom. The van der Waals surface area contributed by atoms with Gasteiger partial charge in [0.15, 0.2) is 6.10 Å². The monoisotopic (exact) mass is 593 g/mol. The number of aliphatic carboxylic acids is 1. The number of ether oxygens (including phenoxy) is 3. The Morgan fingerprint density at radius 1 is 1.15 bits per heavy atom. The molecule has 40 heavy (non-hydrogen) atoms. The molecule has 13 heteroatoms. The zero-order valence-electron chi connectivity index (χ0n) is 21.0. The predicted molar refractivity (Wildman–Crippen MR) is 136 cm³/mol. The fourth-order valence-electron chi connectivity index (χ4n) is 4.20. The Kier molecular flexibility index (Phi) is 10.4. The van der Waals surface area contributed by atoms with Crippen molar-refractivity contribution >= 4 is 24.5 Å². The van der Waals surface area contributed by atoms with Crippen LogP contribution in [0.4, 0.5) is 26.3 Å². The third kappa shape index (κ3) is 7.63. The molecular weight excluding hydrogens is 568 g/mol. The Labute approximate surface area is 232 Å². The van der Waals surface area contributed by atoms with Gasteiger partial charge in [-0.1, -0.05) is 12.1 Å². The maximum Gasteiger partial charge on any atom is 0.419 e. The number of nitrogens with zero attached hydrogens (tertiary/aromatic N) is 1. The predicted octanol–water partition coefficient (Wildman–Crippen LogP) is 6.02. The number of carbonyl (C=O) groups is 1. The summed E-state index contributed by atoms with van der Waals surface area (Å²) >= 11 is 0. The van der Waals surface area contributed by atoms with E-state index in [-0.39, 0.29) is 48.2 Å². The molecule has 0 atom stereocenters. The van der Waals surface area contributed by atoms with Crippen LogP contribution < -0.4 is 14.2 Å². The van der Waals surface area contributed by atoms with Crippen molar-refractivity contribution in [2.75, 3.05) is 39.6 Å². The molecule has 0 spiro atoms. The molecule has 6 nitrogen and oxygen atoms in total. The molecule has 2 aliphatic rings. The van der Waals surface area contributed by atoms with Gasteiger partial charge in [0, 0.05) is 37.3 Å². The first kappa shape index (κ1) is 31.2. The van der Waals surface area contributed by atoms with Crippen molar-refractivity contribution in [2.45, 2.75) is 25.3 Å². The van der Waals surface area contributed by atoms with E-state index >= 15 is 0 Å². The molecule has 1 N–H and O–H groups in total. The second-order valence-corrected chi connectivity index (χ2v) is 9.09. The van der Waals surface area contributed by atoms with Gasteiger partial charge < -0.3 is 19.3 Å². The molecule has 2 aromatic carbocycles. The summed E-state index contributed by atoms with van der Waals surface area (Å²) in [4.78, 5) is 13.1. The summed E-state index contributed by atoms with van der Waals surface area (Å²) in [6.07, 6.45) is -2.78. The molecule has 2 aliphatic heterocycles. The van der Waals surface area contributed by atoms with E-state index in [2.05, 4.69) is 0 Å². The van der Waals surface area contributed by atoms with Crippen LogP contribution in [0, 0.1) is 5.82 Å². The van der Waals surface area contributed by atoms with E-state index in [9.17, 15) is 31.1 Å². The van der Waals surface area contributed by atoms with Crippen LogP contribution in [-0.4, -0.2) is 61.7 Å². The number of hydrogen-bond acceptors (Lipinski definition) is 5. The summed E-state index contributed by atoms with van der Waals surface area (Å²) in [5.74, 6) is -2.03. The van der Waals surface area contributed by atoms with Crippen molar-refractivity contribution < 1.29 is 50.5 Å². The molecular formula is C27H26ClF6NO5. The van der Waals surface area contributed by atoms with E-state index < -0.39 is 48.7 Å². The SMILES string of the molecule is Cl.O=C(O)C1=CCN(CC2=Cc3c(F)cc(OCc4ccc(OC(CF)CF)c(C(F)(F)F)c4)cc3OC2)CC1. The van der Waals surface area contributed by atoms with Crippen LogP contribution in [-0.2, 0) is 17.6 Å². The molecule has 4 rings (SSSR count). The molecule has 0 saturated carbocycles. The van der Waals surface area contributed by atoms with Crippen LogP contribution in [0.5, 0.6) is 17.2 Å². The fraction of sp³-hybridized carbons (Fsp3) is 0.370. The molecule has 0 saturated heterocycles. The number of carboxylic acids is 1. The van der Waals surface area contributed by atoms with E-state index in [0.717, 1.165) is 23.8 Å². The van der Waals surface area contributed by atoms with Gasteiger partial charge in [-0.2, -0.15) is 13.2 Å². The minimum atomic E-state index is -4.85. The normalized spacial score (nSPS) is 15.4. The molecule has 2 heterocycles. The number of carboxylic acid groups (broad SMARTS) is 1. The first-order valence-corrected chi connectivity index (χ1v) is 12.0. The van der Waals surface area contributed by atoms with Gasteiger partial charge in [-0.15, -0.1) is 12.4 Å². The first-order valence-electron chi connectivity index (χ1n) is 12.0. The van der Waals surface area contributed by atoms with Crippen molar-refractivity contribution in [2.24, 2.45) is 0 Å². The highest BCUT2D eigenvalue weighted by Crippen LogP contribution is 2.38. The average molecular weight is 594 g/mol. The molecule has 0 bridgehead atoms. The van der Waals surface area contributed by atoms with Crippen LogP contribution in [0.1, 0.15) is 23.1 Å². The average Bonchev–Trinajstić information content (AvgIpc) is 2.91. The molecule has 0 fully saturated rings. The summed E-state index contributed by atoms with van der Waals surface area (Å²) in [6, 6.07) is 5.50. The van der Waals surface area contributed by atoms with Crippen molar-refractivity contribution in [3.05, 3.63) is 70.1 Å². The fourth-order valence-corrected chi connectivity index (χ4v) is 4.20. The smallest absolute Gasteiger partial charge is 0.419 e. The summed E-state index contributed by atoms with van der Waals surface area (Å²) in [6.45, 7) is -1.27. The summed E-state index contributed by atoms with van der Waals surface area (Å²) in [5, 5.41) is 9.07. The number of alkyl halides is 5. The van der Waals surface area contributed by atoms with Crippen molar-refractivity contribution in [3.63, 3.8) is 0 Å². The zero-order chi connectivity index (χ0) is 28.2. The number of hydrogen-bond donors (Lipinski definition) is 1. The highest BCUT2D eigenvalue weighted by molar-refractivity contribution is 5.86. The van der Waals surface area contributed by atoms with Crippen LogP contribution >= 0.6 is 12.4 Å². The summed E-state index contributed by atoms with van der Waals surface area (Å²) in [5.41, 5.74) is 0.238. The Balaban J connectivity index is 0.00000441. The van der Waals surface area contributed by atoms with Crippen molar-refractivity contribution in [1.29, 1.82) is 0 Å². The van der Waals surface area contributed by atoms with E-state index in [1.54, 1.807) is 12.2 Å². The number of fused-ring (bicyclic) bond motifs is 1. The Bertz CT molecular complexity index is 1280. The van der Waals surface area contributed by atoms with E-state index in [4.69, 9.17) is 19.3 Å². The van der Waals surface area contributed by atoms with Gasteiger partial charge in [0.1, 0.15) is 49.6 Å². The quantitative estimate of drug-likeness (QED) is 0.340. The minimum absolute atomic E-state index is 0. The lowest BCUT2D eigenvalue weighted by molar-refractivity contribution is -0.139. The molecule has 2 aromatic rings. The highest BCUT2D eigenvalue weighted by atomic mass is 35.5. The number of benzene rings is 2. The molecule has 0 aromatic heterocycles. The molecule has 0 radical (unpaired) electrons. The van der Waals surface area contributed by atoms with E-state index in [1.807, 2.05) is 4.90 Å². The molecule has 0 unspecified atom stereocenters. The molecule has 0 aliphatic carbocycles. The Hall–Kier alpha value is -3.38. The molecule has 218 valence electrons. The standard InChI is InChI=1S/C27H25F6NO5.ClH/c28-11-20(12-29)39-24-2-1-16(8-22(24)27(31,32)33)14-37-19-9-23(30)21-7-17(15-38-25(21)10-19)13-34-5-3-18(4-6-34)26(35)36;/h1-3,7-10,20H,4-6,11-15H2,(H,35,36);1H. The van der Waals surface area contributed by atoms with E-state index in [1.165, 1.54) is 12.1 Å². The van der Waals surface area contributed by atoms with Gasteiger partial charge in [0.05, 0.1) is 11.1 Å². The maximum atomic E-state index is 14.9. The van der Waals surface area contributed by atoms with Crippen LogP contribution in [0.25, 0.3) is 6.08 Å². The van der Waals surface area contributed by atoms with Gasteiger partial charge >= 0.3 is 12.1 Å². The lowest BCUT2D eigenvalue weighted by Crippen LogP contribution is -2.33. The van der Waals surface area contributed by atoms with Crippen molar-refractivity contribution in [3.8, 4) is 17.2 Å². The molecule has 0 amide bonds. The summed E-state index contributed by atoms with van der Waals surface area (Å²) < 4.78 is 97.0. The third-order valence-corrected chi connectivity index (χ3v) is 6.21. The zero-order valence-corrected chi connectivity index (χ0v) is 21.8. The van der Waals surface area contributed by atoms with Crippen LogP contribution in [0.15, 0.2) is 47.6 Å². The second-order valence-electron chi connectivity index (χ2n) is 9.09. The lowest BCUT2D eigenvalue weighted by Gasteiger charge is -2.28. The lowest BCUT2D eigenvalue weighted by atomic mass is 10.0. The highest BCUT2D eigenvalue weighted by Gasteiger charge is 2.35. The van der Waals surface area contributed by atoms with Gasteiger partial charge in [-0.3, -0.25) is 4.90 Å². The first-order chi connectivity index (χ1) is 18.6. The second kappa shape index (κ2) is 13.3. The van der Waals surface area contributed by atoms with Gasteiger partial charge in [0.2, 0.25) is 0 Å². The largest absolute Gasteiger partial charge is 0.489 e. The van der Waals surface area contributed by atoms with Crippen LogP contribution in [0.3, 0.4) is 0 Å². The number of halogens is 7. The van der Waals surface area contributed by atoms with E-state index in [0.29, 0.717) is 31.6 Å². The van der Waals surface area contributed by atoms with Gasteiger partial charge in [-0.25, -0.2) is 18.0 Å². The maximum absolute atomic E-state index is 14.9.